The fraction of sp³-hybridized carbons (Fsp3) is 0.0645. The monoisotopic (exact) mass is 568 g/mol. The summed E-state index contributed by atoms with van der Waals surface area (Å²) < 4.78 is 5.79. The highest BCUT2D eigenvalue weighted by atomic mass is 35.5. The second kappa shape index (κ2) is 14.4. The van der Waals surface area contributed by atoms with Crippen LogP contribution in [0.3, 0.4) is 0 Å². The highest BCUT2D eigenvalue weighted by Gasteiger charge is 2.18. The van der Waals surface area contributed by atoms with E-state index < -0.39 is 5.91 Å². The number of amides is 2. The van der Waals surface area contributed by atoms with Crippen LogP contribution >= 0.6 is 23.4 Å². The Morgan fingerprint density at radius 2 is 1.35 bits per heavy atom. The van der Waals surface area contributed by atoms with Crippen molar-refractivity contribution < 1.29 is 14.3 Å². The third-order valence-electron chi connectivity index (χ3n) is 5.44. The quantitative estimate of drug-likeness (QED) is 0.133. The molecule has 0 radical (unpaired) electrons. The Morgan fingerprint density at radius 1 is 0.775 bits per heavy atom. The zero-order valence-electron chi connectivity index (χ0n) is 21.3. The minimum Gasteiger partial charge on any atom is -0.457 e. The number of nitrogens with zero attached hydrogens (tertiary/aromatic N) is 1. The third kappa shape index (κ3) is 8.67. The number of nitrogens with one attached hydrogen (secondary N) is 3. The summed E-state index contributed by atoms with van der Waals surface area (Å²) >= 11 is 7.06. The molecule has 2 amide bonds. The van der Waals surface area contributed by atoms with Crippen molar-refractivity contribution in [1.82, 2.24) is 5.32 Å². The Morgan fingerprint density at radius 3 is 2.00 bits per heavy atom. The van der Waals surface area contributed by atoms with Crippen LogP contribution in [0.5, 0.6) is 11.5 Å². The molecule has 0 fully saturated rings. The van der Waals surface area contributed by atoms with Gasteiger partial charge in [-0.25, -0.2) is 0 Å². The fourth-order valence-corrected chi connectivity index (χ4v) is 4.43. The molecule has 0 aliphatic rings. The van der Waals surface area contributed by atoms with E-state index in [-0.39, 0.29) is 22.3 Å². The van der Waals surface area contributed by atoms with E-state index in [0.29, 0.717) is 34.4 Å². The summed E-state index contributed by atoms with van der Waals surface area (Å²) in [7, 11) is 0. The molecular formula is C31H25ClN4O3S. The Balaban J connectivity index is 1.46. The zero-order valence-corrected chi connectivity index (χ0v) is 22.8. The number of ether oxygens (including phenoxy) is 1. The Hall–Kier alpha value is -4.71. The van der Waals surface area contributed by atoms with E-state index in [1.54, 1.807) is 48.5 Å². The third-order valence-corrected chi connectivity index (χ3v) is 6.69. The van der Waals surface area contributed by atoms with Crippen molar-refractivity contribution in [2.75, 3.05) is 16.4 Å². The molecule has 0 bridgehead atoms. The van der Waals surface area contributed by atoms with E-state index in [2.05, 4.69) is 16.0 Å². The van der Waals surface area contributed by atoms with Crippen molar-refractivity contribution in [3.8, 4) is 17.6 Å². The SMILES string of the molecule is N#C/C(C(=O)Nc1ccc(Oc2ccccc2)cc1)=C(/Nc1ccc(Cl)cc1)SCC(=O)NCc1ccccc1. The van der Waals surface area contributed by atoms with Crippen molar-refractivity contribution >= 4 is 46.6 Å². The minimum atomic E-state index is -0.618. The molecule has 4 aromatic rings. The second-order valence-electron chi connectivity index (χ2n) is 8.39. The average Bonchev–Trinajstić information content (AvgIpc) is 2.98. The van der Waals surface area contributed by atoms with Crippen LogP contribution < -0.4 is 20.7 Å². The molecule has 0 saturated carbocycles. The number of carbonyl (C=O) groups is 2. The summed E-state index contributed by atoms with van der Waals surface area (Å²) in [6.45, 7) is 0.374. The highest BCUT2D eigenvalue weighted by Crippen LogP contribution is 2.26. The molecule has 9 heteroatoms. The van der Waals surface area contributed by atoms with Crippen molar-refractivity contribution in [2.45, 2.75) is 6.54 Å². The van der Waals surface area contributed by atoms with Crippen molar-refractivity contribution in [3.05, 3.63) is 130 Å². The van der Waals surface area contributed by atoms with E-state index >= 15 is 0 Å². The zero-order chi connectivity index (χ0) is 28.2. The van der Waals surface area contributed by atoms with Crippen LogP contribution in [0.2, 0.25) is 5.02 Å². The number of thioether (sulfide) groups is 1. The van der Waals surface area contributed by atoms with E-state index in [4.69, 9.17) is 16.3 Å². The summed E-state index contributed by atoms with van der Waals surface area (Å²) in [5.41, 5.74) is 1.89. The van der Waals surface area contributed by atoms with Gasteiger partial charge in [0.05, 0.1) is 10.8 Å². The first-order valence-electron chi connectivity index (χ1n) is 12.2. The maximum absolute atomic E-state index is 13.2. The van der Waals surface area contributed by atoms with Crippen LogP contribution in [0.25, 0.3) is 0 Å². The average molecular weight is 569 g/mol. The molecule has 40 heavy (non-hydrogen) atoms. The van der Waals surface area contributed by atoms with Gasteiger partial charge in [0, 0.05) is 22.9 Å². The summed E-state index contributed by atoms with van der Waals surface area (Å²) in [5, 5.41) is 19.4. The molecule has 0 unspecified atom stereocenters. The van der Waals surface area contributed by atoms with Crippen molar-refractivity contribution in [3.63, 3.8) is 0 Å². The van der Waals surface area contributed by atoms with Gasteiger partial charge in [-0.2, -0.15) is 5.26 Å². The van der Waals surface area contributed by atoms with Crippen LogP contribution in [0.4, 0.5) is 11.4 Å². The van der Waals surface area contributed by atoms with Gasteiger partial charge in [0.2, 0.25) is 5.91 Å². The van der Waals surface area contributed by atoms with Crippen molar-refractivity contribution in [2.24, 2.45) is 0 Å². The fourth-order valence-electron chi connectivity index (χ4n) is 3.45. The predicted octanol–water partition coefficient (Wildman–Crippen LogP) is 6.97. The van der Waals surface area contributed by atoms with E-state index in [9.17, 15) is 14.9 Å². The normalized spacial score (nSPS) is 11.0. The van der Waals surface area contributed by atoms with Crippen LogP contribution in [0.1, 0.15) is 5.56 Å². The van der Waals surface area contributed by atoms with Crippen molar-refractivity contribution in [1.29, 1.82) is 5.26 Å². The number of nitriles is 1. The van der Waals surface area contributed by atoms with E-state index in [0.717, 1.165) is 17.3 Å². The molecule has 0 aliphatic carbocycles. The van der Waals surface area contributed by atoms with E-state index in [1.807, 2.05) is 66.7 Å². The van der Waals surface area contributed by atoms with E-state index in [1.165, 1.54) is 0 Å². The number of hydrogen-bond acceptors (Lipinski definition) is 6. The van der Waals surface area contributed by atoms with Gasteiger partial charge < -0.3 is 20.7 Å². The molecule has 0 spiro atoms. The summed E-state index contributed by atoms with van der Waals surface area (Å²) in [4.78, 5) is 25.7. The number of rotatable bonds is 11. The smallest absolute Gasteiger partial charge is 0.269 e. The summed E-state index contributed by atoms with van der Waals surface area (Å²) in [6.07, 6.45) is 0. The molecule has 7 nitrogen and oxygen atoms in total. The Bertz CT molecular complexity index is 1500. The molecule has 0 heterocycles. The lowest BCUT2D eigenvalue weighted by Crippen LogP contribution is -2.25. The molecule has 3 N–H and O–H groups in total. The van der Waals surface area contributed by atoms with Crippen LogP contribution in [-0.2, 0) is 16.1 Å². The van der Waals surface area contributed by atoms with Gasteiger partial charge in [-0.15, -0.1) is 0 Å². The highest BCUT2D eigenvalue weighted by molar-refractivity contribution is 8.03. The van der Waals surface area contributed by atoms with Crippen LogP contribution in [0.15, 0.2) is 120 Å². The number of hydrogen-bond donors (Lipinski definition) is 3. The number of halogens is 1. The number of para-hydroxylation sites is 1. The Labute approximate surface area is 241 Å². The second-order valence-corrected chi connectivity index (χ2v) is 9.81. The van der Waals surface area contributed by atoms with Crippen LogP contribution in [-0.4, -0.2) is 17.6 Å². The standard InChI is InChI=1S/C31H25ClN4O3S/c32-23-11-13-25(14-12-23)36-31(40-21-29(37)34-20-22-7-3-1-4-8-22)28(19-33)30(38)35-24-15-17-27(18-16-24)39-26-9-5-2-6-10-26/h1-18,36H,20-21H2,(H,34,37)(H,35,38)/b31-28+. The molecule has 0 aromatic heterocycles. The molecule has 0 atom stereocenters. The molecule has 4 rings (SSSR count). The molecule has 0 saturated heterocycles. The molecule has 4 aromatic carbocycles. The lowest BCUT2D eigenvalue weighted by atomic mass is 10.2. The van der Waals surface area contributed by atoms with Gasteiger partial charge in [-0.3, -0.25) is 9.59 Å². The first kappa shape index (κ1) is 28.3. The largest absolute Gasteiger partial charge is 0.457 e. The predicted molar refractivity (Wildman–Crippen MR) is 160 cm³/mol. The maximum Gasteiger partial charge on any atom is 0.269 e. The first-order chi connectivity index (χ1) is 19.5. The minimum absolute atomic E-state index is 0.00720. The maximum atomic E-state index is 13.2. The molecule has 0 aliphatic heterocycles. The van der Waals surface area contributed by atoms with Crippen LogP contribution in [0, 0.1) is 11.3 Å². The van der Waals surface area contributed by atoms with Gasteiger partial charge in [0.15, 0.2) is 0 Å². The number of carbonyl (C=O) groups excluding carboxylic acids is 2. The van der Waals surface area contributed by atoms with Gasteiger partial charge in [-0.1, -0.05) is 71.9 Å². The number of benzene rings is 4. The lowest BCUT2D eigenvalue weighted by molar-refractivity contribution is -0.118. The lowest BCUT2D eigenvalue weighted by Gasteiger charge is -2.14. The molecule has 200 valence electrons. The van der Waals surface area contributed by atoms with Gasteiger partial charge in [0.25, 0.3) is 5.91 Å². The Kier molecular flexibility index (Phi) is 10.2. The first-order valence-corrected chi connectivity index (χ1v) is 13.6. The molecular weight excluding hydrogens is 544 g/mol. The number of anilines is 2. The summed E-state index contributed by atoms with van der Waals surface area (Å²) in [6, 6.07) is 34.5. The van der Waals surface area contributed by atoms with Gasteiger partial charge >= 0.3 is 0 Å². The van der Waals surface area contributed by atoms with Gasteiger partial charge in [-0.05, 0) is 66.2 Å². The topological polar surface area (TPSA) is 103 Å². The van der Waals surface area contributed by atoms with Gasteiger partial charge in [0.1, 0.15) is 23.1 Å². The summed E-state index contributed by atoms with van der Waals surface area (Å²) in [5.74, 6) is 0.426.